The van der Waals surface area contributed by atoms with Crippen LogP contribution < -0.4 is 0 Å². The number of pyridine rings is 1. The topological polar surface area (TPSA) is 93.0 Å². The maximum atomic E-state index is 13.8. The van der Waals surface area contributed by atoms with Crippen molar-refractivity contribution >= 4 is 28.0 Å². The van der Waals surface area contributed by atoms with Gasteiger partial charge in [-0.25, -0.2) is 9.37 Å². The highest BCUT2D eigenvalue weighted by atomic mass is 19.1. The van der Waals surface area contributed by atoms with Crippen molar-refractivity contribution in [3.63, 3.8) is 0 Å². The molecule has 8 heteroatoms. The number of carboxylic acid groups (broad SMARTS) is 1. The van der Waals surface area contributed by atoms with E-state index >= 15 is 0 Å². The number of carboxylic acids is 1. The van der Waals surface area contributed by atoms with Gasteiger partial charge in [0.25, 0.3) is 0 Å². The van der Waals surface area contributed by atoms with Gasteiger partial charge in [0.05, 0.1) is 29.3 Å². The van der Waals surface area contributed by atoms with Crippen LogP contribution in [0.15, 0.2) is 36.5 Å². The zero-order chi connectivity index (χ0) is 24.3. The van der Waals surface area contributed by atoms with Gasteiger partial charge in [-0.1, -0.05) is 13.8 Å². The van der Waals surface area contributed by atoms with E-state index in [0.29, 0.717) is 25.1 Å². The zero-order valence-corrected chi connectivity index (χ0v) is 19.9. The highest BCUT2D eigenvalue weighted by Gasteiger charge is 2.45. The molecule has 4 aromatic rings. The van der Waals surface area contributed by atoms with E-state index in [1.165, 1.54) is 12.1 Å². The standard InChI is InChI=1S/C26H29FN4O3/c1-25(2,14-34-4)22-20(15-9-10-26(3,12-15)24(32)33)21-19(11-16-13-28-30-23(16)29-21)31(22)18-7-5-17(27)6-8-18/h5-8,11,13,15H,9-10,12,14H2,1-4H3,(H,32,33)(H,28,29,30)/t15?,26-/m1/s1. The van der Waals surface area contributed by atoms with Gasteiger partial charge < -0.3 is 14.4 Å². The number of benzene rings is 1. The largest absolute Gasteiger partial charge is 0.481 e. The first-order valence-electron chi connectivity index (χ1n) is 11.5. The summed E-state index contributed by atoms with van der Waals surface area (Å²) < 4.78 is 21.6. The molecule has 0 radical (unpaired) electrons. The fourth-order valence-electron chi connectivity index (χ4n) is 5.61. The smallest absolute Gasteiger partial charge is 0.309 e. The number of ether oxygens (including phenoxy) is 1. The molecule has 2 atom stereocenters. The maximum Gasteiger partial charge on any atom is 0.309 e. The molecule has 7 nitrogen and oxygen atoms in total. The summed E-state index contributed by atoms with van der Waals surface area (Å²) in [5.74, 6) is -1.05. The molecule has 1 unspecified atom stereocenters. The third-order valence-corrected chi connectivity index (χ3v) is 7.28. The second kappa shape index (κ2) is 7.91. The number of aromatic nitrogens is 4. The summed E-state index contributed by atoms with van der Waals surface area (Å²) in [6.45, 7) is 6.52. The van der Waals surface area contributed by atoms with Crippen molar-refractivity contribution in [3.8, 4) is 5.69 Å². The fraction of sp³-hybridized carbons (Fsp3) is 0.423. The first-order valence-corrected chi connectivity index (χ1v) is 11.5. The van der Waals surface area contributed by atoms with Crippen molar-refractivity contribution in [2.24, 2.45) is 5.41 Å². The molecule has 1 saturated carbocycles. The summed E-state index contributed by atoms with van der Waals surface area (Å²) in [5.41, 5.74) is 4.06. The summed E-state index contributed by atoms with van der Waals surface area (Å²) >= 11 is 0. The second-order valence-corrected chi connectivity index (χ2v) is 10.4. The Morgan fingerprint density at radius 1 is 1.35 bits per heavy atom. The van der Waals surface area contributed by atoms with Crippen molar-refractivity contribution < 1.29 is 19.0 Å². The molecule has 0 spiro atoms. The van der Waals surface area contributed by atoms with Gasteiger partial charge in [-0.15, -0.1) is 0 Å². The Kier molecular flexibility index (Phi) is 5.24. The second-order valence-electron chi connectivity index (χ2n) is 10.4. The lowest BCUT2D eigenvalue weighted by atomic mass is 9.81. The van der Waals surface area contributed by atoms with Gasteiger partial charge >= 0.3 is 5.97 Å². The number of fused-ring (bicyclic) bond motifs is 2. The number of hydrogen-bond acceptors (Lipinski definition) is 4. The molecular formula is C26H29FN4O3. The van der Waals surface area contributed by atoms with E-state index in [0.717, 1.165) is 39.8 Å². The summed E-state index contributed by atoms with van der Waals surface area (Å²) in [7, 11) is 1.68. The minimum atomic E-state index is -0.782. The quantitative estimate of drug-likeness (QED) is 0.403. The Morgan fingerprint density at radius 3 is 2.74 bits per heavy atom. The van der Waals surface area contributed by atoms with Crippen LogP contribution in [0.4, 0.5) is 4.39 Å². The predicted molar refractivity (Wildman–Crippen MR) is 128 cm³/mol. The van der Waals surface area contributed by atoms with Gasteiger partial charge in [0.15, 0.2) is 5.65 Å². The number of rotatable bonds is 6. The molecule has 1 aliphatic rings. The lowest BCUT2D eigenvalue weighted by Gasteiger charge is -2.29. The molecule has 1 aromatic carbocycles. The zero-order valence-electron chi connectivity index (χ0n) is 19.9. The van der Waals surface area contributed by atoms with Crippen LogP contribution in [0.25, 0.3) is 27.8 Å². The van der Waals surface area contributed by atoms with Gasteiger partial charge in [0.2, 0.25) is 0 Å². The van der Waals surface area contributed by atoms with Crippen molar-refractivity contribution in [3.05, 3.63) is 53.6 Å². The number of halogens is 1. The van der Waals surface area contributed by atoms with Gasteiger partial charge in [0.1, 0.15) is 5.82 Å². The number of H-pyrrole nitrogens is 1. The third-order valence-electron chi connectivity index (χ3n) is 7.28. The van der Waals surface area contributed by atoms with Crippen LogP contribution >= 0.6 is 0 Å². The molecule has 3 aromatic heterocycles. The molecule has 1 aliphatic carbocycles. The first kappa shape index (κ1) is 22.5. The molecule has 0 saturated heterocycles. The van der Waals surface area contributed by atoms with E-state index in [9.17, 15) is 14.3 Å². The average Bonchev–Trinajstić information content (AvgIpc) is 3.48. The number of aliphatic carboxylic acids is 1. The van der Waals surface area contributed by atoms with Crippen molar-refractivity contribution in [2.45, 2.75) is 51.4 Å². The molecule has 2 N–H and O–H groups in total. The van der Waals surface area contributed by atoms with Crippen LogP contribution in [0.5, 0.6) is 0 Å². The van der Waals surface area contributed by atoms with E-state index < -0.39 is 16.8 Å². The van der Waals surface area contributed by atoms with Crippen LogP contribution in [0.3, 0.4) is 0 Å². The summed E-state index contributed by atoms with van der Waals surface area (Å²) in [6.07, 6.45) is 3.63. The summed E-state index contributed by atoms with van der Waals surface area (Å²) in [4.78, 5) is 17.0. The Balaban J connectivity index is 1.87. The fourth-order valence-corrected chi connectivity index (χ4v) is 5.61. The Labute approximate surface area is 196 Å². The number of nitrogens with one attached hydrogen (secondary N) is 1. The third kappa shape index (κ3) is 3.48. The Hall–Kier alpha value is -3.26. The number of nitrogens with zero attached hydrogens (tertiary/aromatic N) is 3. The van der Waals surface area contributed by atoms with E-state index in [2.05, 4.69) is 28.6 Å². The highest BCUT2D eigenvalue weighted by molar-refractivity contribution is 5.94. The normalized spacial score (nSPS) is 21.0. The number of methoxy groups -OCH3 is 1. The number of carbonyl (C=O) groups is 1. The predicted octanol–water partition coefficient (Wildman–Crippen LogP) is 5.32. The van der Waals surface area contributed by atoms with Crippen LogP contribution in [-0.4, -0.2) is 44.5 Å². The molecule has 0 bridgehead atoms. The molecule has 0 aliphatic heterocycles. The number of hydrogen-bond donors (Lipinski definition) is 2. The molecular weight excluding hydrogens is 435 g/mol. The number of aromatic amines is 1. The average molecular weight is 465 g/mol. The SMILES string of the molecule is COCC(C)(C)c1c(C2CC[C@@](C)(C(=O)O)C2)c2nc3[nH]ncc3cc2n1-c1ccc(F)cc1. The van der Waals surface area contributed by atoms with Gasteiger partial charge in [-0.05, 0) is 62.4 Å². The van der Waals surface area contributed by atoms with E-state index in [-0.39, 0.29) is 11.7 Å². The van der Waals surface area contributed by atoms with Crippen LogP contribution in [0, 0.1) is 11.2 Å². The van der Waals surface area contributed by atoms with Gasteiger partial charge in [-0.3, -0.25) is 9.89 Å². The van der Waals surface area contributed by atoms with Crippen molar-refractivity contribution in [2.75, 3.05) is 13.7 Å². The van der Waals surface area contributed by atoms with E-state index in [4.69, 9.17) is 9.72 Å². The molecule has 1 fully saturated rings. The minimum Gasteiger partial charge on any atom is -0.481 e. The maximum absolute atomic E-state index is 13.8. The van der Waals surface area contributed by atoms with Crippen molar-refractivity contribution in [1.82, 2.24) is 19.7 Å². The van der Waals surface area contributed by atoms with Gasteiger partial charge in [-0.2, -0.15) is 5.10 Å². The molecule has 3 heterocycles. The Bertz CT molecular complexity index is 1390. The van der Waals surface area contributed by atoms with Crippen LogP contribution in [-0.2, 0) is 14.9 Å². The minimum absolute atomic E-state index is 0.0179. The van der Waals surface area contributed by atoms with Gasteiger partial charge in [0, 0.05) is 34.9 Å². The molecule has 34 heavy (non-hydrogen) atoms. The summed E-state index contributed by atoms with van der Waals surface area (Å²) in [6, 6.07) is 8.48. The monoisotopic (exact) mass is 464 g/mol. The highest BCUT2D eigenvalue weighted by Crippen LogP contribution is 2.51. The first-order chi connectivity index (χ1) is 16.1. The van der Waals surface area contributed by atoms with Crippen LogP contribution in [0.1, 0.15) is 57.2 Å². The lowest BCUT2D eigenvalue weighted by Crippen LogP contribution is -2.29. The van der Waals surface area contributed by atoms with E-state index in [1.807, 2.05) is 13.0 Å². The molecule has 178 valence electrons. The summed E-state index contributed by atoms with van der Waals surface area (Å²) in [5, 5.41) is 17.9. The molecule has 5 rings (SSSR count). The molecule has 0 amide bonds. The Morgan fingerprint density at radius 2 is 2.09 bits per heavy atom. The van der Waals surface area contributed by atoms with Crippen molar-refractivity contribution in [1.29, 1.82) is 0 Å². The lowest BCUT2D eigenvalue weighted by molar-refractivity contribution is -0.147. The van der Waals surface area contributed by atoms with Crippen LogP contribution in [0.2, 0.25) is 0 Å². The van der Waals surface area contributed by atoms with E-state index in [1.54, 1.807) is 25.4 Å².